The van der Waals surface area contributed by atoms with E-state index in [-0.39, 0.29) is 11.3 Å². The van der Waals surface area contributed by atoms with Crippen molar-refractivity contribution < 1.29 is 5.11 Å². The lowest BCUT2D eigenvalue weighted by atomic mass is 10.2. The third-order valence-corrected chi connectivity index (χ3v) is 4.57. The summed E-state index contributed by atoms with van der Waals surface area (Å²) in [6.45, 7) is 0. The second-order valence-corrected chi connectivity index (χ2v) is 6.41. The molecule has 0 saturated heterocycles. The summed E-state index contributed by atoms with van der Waals surface area (Å²) in [7, 11) is 0. The van der Waals surface area contributed by atoms with Gasteiger partial charge >= 0.3 is 0 Å². The minimum Gasteiger partial charge on any atom is -0.508 e. The summed E-state index contributed by atoms with van der Waals surface area (Å²) in [5.41, 5.74) is 1.90. The number of benzene rings is 3. The van der Waals surface area contributed by atoms with Crippen LogP contribution in [-0.2, 0) is 0 Å². The highest BCUT2D eigenvalue weighted by molar-refractivity contribution is 6.32. The normalized spacial score (nSPS) is 11.3. The molecule has 3 aromatic carbocycles. The molecular formula is C22H15ClN2O2. The Morgan fingerprint density at radius 2 is 1.59 bits per heavy atom. The molecule has 0 unspecified atom stereocenters. The van der Waals surface area contributed by atoms with Crippen LogP contribution in [0.5, 0.6) is 5.75 Å². The van der Waals surface area contributed by atoms with Crippen molar-refractivity contribution in [1.82, 2.24) is 9.55 Å². The maximum Gasteiger partial charge on any atom is 0.266 e. The van der Waals surface area contributed by atoms with Crippen molar-refractivity contribution in [2.24, 2.45) is 0 Å². The molecule has 4 aromatic rings. The minimum atomic E-state index is -0.176. The maximum atomic E-state index is 13.1. The number of phenols is 1. The van der Waals surface area contributed by atoms with E-state index in [1.54, 1.807) is 36.4 Å². The van der Waals surface area contributed by atoms with Crippen LogP contribution in [0.1, 0.15) is 11.4 Å². The van der Waals surface area contributed by atoms with Crippen molar-refractivity contribution in [3.05, 3.63) is 99.6 Å². The van der Waals surface area contributed by atoms with Crippen molar-refractivity contribution in [1.29, 1.82) is 0 Å². The van der Waals surface area contributed by atoms with Gasteiger partial charge in [0.05, 0.1) is 16.6 Å². The molecule has 4 rings (SSSR count). The van der Waals surface area contributed by atoms with Crippen LogP contribution >= 0.6 is 11.6 Å². The van der Waals surface area contributed by atoms with Crippen LogP contribution in [0, 0.1) is 0 Å². The van der Waals surface area contributed by atoms with Crippen LogP contribution < -0.4 is 5.56 Å². The average Bonchev–Trinajstić information content (AvgIpc) is 2.69. The highest BCUT2D eigenvalue weighted by Crippen LogP contribution is 2.20. The first kappa shape index (κ1) is 17.1. The van der Waals surface area contributed by atoms with Gasteiger partial charge in [-0.25, -0.2) is 4.98 Å². The number of aromatic hydroxyl groups is 1. The van der Waals surface area contributed by atoms with Crippen LogP contribution in [0.15, 0.2) is 77.6 Å². The van der Waals surface area contributed by atoms with E-state index < -0.39 is 0 Å². The Morgan fingerprint density at radius 1 is 0.889 bits per heavy atom. The van der Waals surface area contributed by atoms with Crippen molar-refractivity contribution in [3.63, 3.8) is 0 Å². The second-order valence-electron chi connectivity index (χ2n) is 6.00. The topological polar surface area (TPSA) is 55.1 Å². The molecule has 1 aromatic heterocycles. The molecular weight excluding hydrogens is 360 g/mol. The number of phenolic OH excluding ortho intramolecular Hbond substituents is 1. The number of halogens is 1. The van der Waals surface area contributed by atoms with Gasteiger partial charge in [-0.05, 0) is 60.2 Å². The summed E-state index contributed by atoms with van der Waals surface area (Å²) in [6.07, 6.45) is 3.59. The van der Waals surface area contributed by atoms with Crippen molar-refractivity contribution in [2.75, 3.05) is 0 Å². The number of aromatic nitrogens is 2. The van der Waals surface area contributed by atoms with E-state index in [1.807, 2.05) is 48.5 Å². The fourth-order valence-corrected chi connectivity index (χ4v) is 3.09. The van der Waals surface area contributed by atoms with Crippen LogP contribution in [0.2, 0.25) is 5.02 Å². The molecule has 5 heteroatoms. The van der Waals surface area contributed by atoms with Crippen molar-refractivity contribution in [3.8, 4) is 11.4 Å². The van der Waals surface area contributed by atoms with Gasteiger partial charge in [0.1, 0.15) is 11.6 Å². The van der Waals surface area contributed by atoms with Crippen molar-refractivity contribution in [2.45, 2.75) is 0 Å². The number of fused-ring (bicyclic) bond motifs is 1. The fraction of sp³-hybridized carbons (Fsp3) is 0. The second kappa shape index (κ2) is 7.09. The summed E-state index contributed by atoms with van der Waals surface area (Å²) in [5, 5.41) is 10.7. The summed E-state index contributed by atoms with van der Waals surface area (Å²) in [4.78, 5) is 17.8. The summed E-state index contributed by atoms with van der Waals surface area (Å²) >= 11 is 6.22. The first-order chi connectivity index (χ1) is 13.1. The molecule has 0 atom stereocenters. The van der Waals surface area contributed by atoms with E-state index >= 15 is 0 Å². The van der Waals surface area contributed by atoms with Gasteiger partial charge < -0.3 is 5.11 Å². The molecule has 4 nitrogen and oxygen atoms in total. The van der Waals surface area contributed by atoms with Crippen LogP contribution in [0.4, 0.5) is 0 Å². The molecule has 0 aliphatic rings. The fourth-order valence-electron chi connectivity index (χ4n) is 2.89. The maximum absolute atomic E-state index is 13.1. The molecule has 0 aliphatic heterocycles. The number of hydrogen-bond acceptors (Lipinski definition) is 3. The van der Waals surface area contributed by atoms with E-state index in [4.69, 9.17) is 11.6 Å². The first-order valence-electron chi connectivity index (χ1n) is 8.37. The standard InChI is InChI=1S/C22H15ClN2O2/c23-19-7-3-1-5-15(19)9-14-21-24-20-8-4-2-6-18(20)22(27)25(21)16-10-12-17(26)13-11-16/h1-14,26H/b14-9+. The van der Waals surface area contributed by atoms with Crippen LogP contribution in [0.3, 0.4) is 0 Å². The van der Waals surface area contributed by atoms with Gasteiger partial charge in [-0.2, -0.15) is 0 Å². The summed E-state index contributed by atoms with van der Waals surface area (Å²) in [6, 6.07) is 21.1. The SMILES string of the molecule is O=c1c2ccccc2nc(/C=C/c2ccccc2Cl)n1-c1ccc(O)cc1. The Kier molecular flexibility index (Phi) is 4.48. The van der Waals surface area contributed by atoms with Gasteiger partial charge in [-0.1, -0.05) is 41.9 Å². The Balaban J connectivity index is 1.95. The van der Waals surface area contributed by atoms with E-state index in [0.29, 0.717) is 27.4 Å². The van der Waals surface area contributed by atoms with Gasteiger partial charge in [-0.3, -0.25) is 9.36 Å². The Morgan fingerprint density at radius 3 is 2.37 bits per heavy atom. The number of para-hydroxylation sites is 1. The molecule has 0 fully saturated rings. The van der Waals surface area contributed by atoms with Gasteiger partial charge in [0, 0.05) is 5.02 Å². The zero-order valence-electron chi connectivity index (χ0n) is 14.2. The van der Waals surface area contributed by atoms with Crippen LogP contribution in [0.25, 0.3) is 28.7 Å². The molecule has 27 heavy (non-hydrogen) atoms. The Bertz CT molecular complexity index is 1210. The molecule has 1 heterocycles. The van der Waals surface area contributed by atoms with E-state index in [2.05, 4.69) is 4.98 Å². The molecule has 0 radical (unpaired) electrons. The Hall–Kier alpha value is -3.37. The highest BCUT2D eigenvalue weighted by Gasteiger charge is 2.11. The van der Waals surface area contributed by atoms with Gasteiger partial charge in [-0.15, -0.1) is 0 Å². The van der Waals surface area contributed by atoms with E-state index in [9.17, 15) is 9.90 Å². The summed E-state index contributed by atoms with van der Waals surface area (Å²) < 4.78 is 1.52. The number of rotatable bonds is 3. The first-order valence-corrected chi connectivity index (χ1v) is 8.75. The number of hydrogen-bond donors (Lipinski definition) is 1. The predicted octanol–water partition coefficient (Wildman–Crippen LogP) is 4.92. The van der Waals surface area contributed by atoms with E-state index in [1.165, 1.54) is 4.57 Å². The van der Waals surface area contributed by atoms with Gasteiger partial charge in [0.25, 0.3) is 5.56 Å². The average molecular weight is 375 g/mol. The molecule has 0 bridgehead atoms. The zero-order valence-corrected chi connectivity index (χ0v) is 15.0. The van der Waals surface area contributed by atoms with Crippen LogP contribution in [-0.4, -0.2) is 14.7 Å². The molecule has 0 aliphatic carbocycles. The highest BCUT2D eigenvalue weighted by atomic mass is 35.5. The van der Waals surface area contributed by atoms with Gasteiger partial charge in [0.15, 0.2) is 0 Å². The lowest BCUT2D eigenvalue weighted by Crippen LogP contribution is -2.22. The van der Waals surface area contributed by atoms with Crippen molar-refractivity contribution >= 4 is 34.7 Å². The minimum absolute atomic E-state index is 0.133. The predicted molar refractivity (Wildman–Crippen MR) is 109 cm³/mol. The third-order valence-electron chi connectivity index (χ3n) is 4.23. The molecule has 0 spiro atoms. The Labute approximate surface area is 160 Å². The largest absolute Gasteiger partial charge is 0.508 e. The molecule has 0 saturated carbocycles. The lowest BCUT2D eigenvalue weighted by molar-refractivity contribution is 0.475. The molecule has 0 amide bonds. The number of nitrogens with zero attached hydrogens (tertiary/aromatic N) is 2. The monoisotopic (exact) mass is 374 g/mol. The quantitative estimate of drug-likeness (QED) is 0.554. The lowest BCUT2D eigenvalue weighted by Gasteiger charge is -2.11. The summed E-state index contributed by atoms with van der Waals surface area (Å²) in [5.74, 6) is 0.609. The van der Waals surface area contributed by atoms with Gasteiger partial charge in [0.2, 0.25) is 0 Å². The molecule has 1 N–H and O–H groups in total. The zero-order chi connectivity index (χ0) is 18.8. The molecule has 132 valence electrons. The third kappa shape index (κ3) is 3.35. The van der Waals surface area contributed by atoms with E-state index in [0.717, 1.165) is 5.56 Å². The smallest absolute Gasteiger partial charge is 0.266 e.